The first-order valence-electron chi connectivity index (χ1n) is 8.50. The summed E-state index contributed by atoms with van der Waals surface area (Å²) in [5, 5.41) is 2.71. The van der Waals surface area contributed by atoms with Crippen molar-refractivity contribution < 1.29 is 22.7 Å². The van der Waals surface area contributed by atoms with Gasteiger partial charge in [-0.1, -0.05) is 23.2 Å². The molecule has 0 radical (unpaired) electrons. The van der Waals surface area contributed by atoms with Gasteiger partial charge in [0.25, 0.3) is 5.91 Å². The summed E-state index contributed by atoms with van der Waals surface area (Å²) in [6.07, 6.45) is -3.92. The molecular weight excluding hydrogens is 442 g/mol. The average molecular weight is 456 g/mol. The maximum Gasteiger partial charge on any atom is 0.417 e. The lowest BCUT2D eigenvalue weighted by Gasteiger charge is -2.12. The predicted molar refractivity (Wildman–Crippen MR) is 107 cm³/mol. The monoisotopic (exact) mass is 455 g/mol. The normalized spacial score (nSPS) is 11.3. The molecular formula is C20H14Cl2F3N3O2. The molecule has 0 fully saturated rings. The predicted octanol–water partition coefficient (Wildman–Crippen LogP) is 6.46. The lowest BCUT2D eigenvalue weighted by molar-refractivity contribution is -0.137. The zero-order chi connectivity index (χ0) is 22.1. The smallest absolute Gasteiger partial charge is 0.417 e. The Morgan fingerprint density at radius 1 is 1.07 bits per heavy atom. The van der Waals surface area contributed by atoms with E-state index in [1.807, 2.05) is 0 Å². The van der Waals surface area contributed by atoms with Crippen LogP contribution in [-0.2, 0) is 6.18 Å². The van der Waals surface area contributed by atoms with E-state index in [4.69, 9.17) is 27.9 Å². The summed E-state index contributed by atoms with van der Waals surface area (Å²) in [6, 6.07) is 8.45. The van der Waals surface area contributed by atoms with Crippen LogP contribution in [0.15, 0.2) is 42.6 Å². The lowest BCUT2D eigenvalue weighted by Crippen LogP contribution is -2.15. The van der Waals surface area contributed by atoms with Crippen molar-refractivity contribution in [3.8, 4) is 11.6 Å². The van der Waals surface area contributed by atoms with Crippen molar-refractivity contribution in [1.29, 1.82) is 0 Å². The Morgan fingerprint density at radius 3 is 2.30 bits per heavy atom. The van der Waals surface area contributed by atoms with E-state index >= 15 is 0 Å². The Bertz CT molecular complexity index is 1080. The molecule has 0 aliphatic heterocycles. The first-order chi connectivity index (χ1) is 14.0. The molecule has 3 aromatic rings. The molecule has 156 valence electrons. The second-order valence-corrected chi connectivity index (χ2v) is 7.11. The summed E-state index contributed by atoms with van der Waals surface area (Å²) in [5.74, 6) is -0.325. The molecule has 30 heavy (non-hydrogen) atoms. The topological polar surface area (TPSA) is 64.1 Å². The lowest BCUT2D eigenvalue weighted by atomic mass is 10.1. The van der Waals surface area contributed by atoms with E-state index in [1.165, 1.54) is 12.1 Å². The maximum atomic E-state index is 12.7. The second kappa shape index (κ2) is 8.49. The van der Waals surface area contributed by atoms with Crippen LogP contribution < -0.4 is 10.1 Å². The van der Waals surface area contributed by atoms with Gasteiger partial charge in [-0.25, -0.2) is 4.98 Å². The fourth-order valence-electron chi connectivity index (χ4n) is 2.62. The standard InChI is InChI=1S/C20H14Cl2F3N3O2/c1-10-7-15(21)17(11(2)27-10)18(29)28-13-3-5-14(6-4-13)30-19-16(22)8-12(9-26-19)20(23,24)25/h3-9H,1-2H3,(H,28,29). The number of hydrogen-bond donors (Lipinski definition) is 1. The number of rotatable bonds is 4. The molecule has 2 aromatic heterocycles. The van der Waals surface area contributed by atoms with Crippen molar-refractivity contribution in [2.75, 3.05) is 5.32 Å². The molecule has 0 aliphatic carbocycles. The van der Waals surface area contributed by atoms with E-state index in [0.717, 1.165) is 6.07 Å². The molecule has 0 bridgehead atoms. The van der Waals surface area contributed by atoms with E-state index in [1.54, 1.807) is 32.0 Å². The van der Waals surface area contributed by atoms with Crippen LogP contribution in [-0.4, -0.2) is 15.9 Å². The Morgan fingerprint density at radius 2 is 1.73 bits per heavy atom. The van der Waals surface area contributed by atoms with Crippen LogP contribution >= 0.6 is 23.2 Å². The number of nitrogens with zero attached hydrogens (tertiary/aromatic N) is 2. The van der Waals surface area contributed by atoms with Crippen molar-refractivity contribution in [3.63, 3.8) is 0 Å². The minimum absolute atomic E-state index is 0.172. The number of anilines is 1. The highest BCUT2D eigenvalue weighted by Crippen LogP contribution is 2.34. The summed E-state index contributed by atoms with van der Waals surface area (Å²) in [4.78, 5) is 20.4. The van der Waals surface area contributed by atoms with Crippen LogP contribution in [0.25, 0.3) is 0 Å². The zero-order valence-corrected chi connectivity index (χ0v) is 17.2. The molecule has 1 N–H and O–H groups in total. The van der Waals surface area contributed by atoms with Gasteiger partial charge in [0, 0.05) is 17.6 Å². The summed E-state index contributed by atoms with van der Waals surface area (Å²) in [6.45, 7) is 3.46. The van der Waals surface area contributed by atoms with Crippen LogP contribution in [0.1, 0.15) is 27.3 Å². The summed E-state index contributed by atoms with van der Waals surface area (Å²) in [5.41, 5.74) is 0.946. The number of halogens is 5. The van der Waals surface area contributed by atoms with Crippen molar-refractivity contribution in [1.82, 2.24) is 9.97 Å². The summed E-state index contributed by atoms with van der Waals surface area (Å²) < 4.78 is 43.5. The van der Waals surface area contributed by atoms with Gasteiger partial charge >= 0.3 is 6.18 Å². The van der Waals surface area contributed by atoms with Gasteiger partial charge in [-0.15, -0.1) is 0 Å². The molecule has 0 saturated carbocycles. The van der Waals surface area contributed by atoms with Gasteiger partial charge in [0.1, 0.15) is 10.8 Å². The minimum atomic E-state index is -4.55. The number of ether oxygens (including phenoxy) is 1. The number of aromatic nitrogens is 2. The number of carbonyl (C=O) groups is 1. The molecule has 3 rings (SSSR count). The molecule has 10 heteroatoms. The van der Waals surface area contributed by atoms with E-state index in [2.05, 4.69) is 15.3 Å². The Labute approximate surface area is 179 Å². The number of aryl methyl sites for hydroxylation is 2. The highest BCUT2D eigenvalue weighted by molar-refractivity contribution is 6.34. The van der Waals surface area contributed by atoms with E-state index in [9.17, 15) is 18.0 Å². The highest BCUT2D eigenvalue weighted by Gasteiger charge is 2.31. The fourth-order valence-corrected chi connectivity index (χ4v) is 3.21. The van der Waals surface area contributed by atoms with Gasteiger partial charge in [-0.05, 0) is 50.2 Å². The van der Waals surface area contributed by atoms with Crippen LogP contribution in [0.3, 0.4) is 0 Å². The number of hydrogen-bond acceptors (Lipinski definition) is 4. The molecule has 5 nitrogen and oxygen atoms in total. The van der Waals surface area contributed by atoms with Crippen molar-refractivity contribution in [2.45, 2.75) is 20.0 Å². The third-order valence-corrected chi connectivity index (χ3v) is 4.54. The Hall–Kier alpha value is -2.84. The van der Waals surface area contributed by atoms with Crippen LogP contribution in [0.4, 0.5) is 18.9 Å². The van der Waals surface area contributed by atoms with Crippen LogP contribution in [0.5, 0.6) is 11.6 Å². The third-order valence-electron chi connectivity index (χ3n) is 3.97. The molecule has 0 spiro atoms. The Kier molecular flexibility index (Phi) is 6.19. The highest BCUT2D eigenvalue weighted by atomic mass is 35.5. The summed E-state index contributed by atoms with van der Waals surface area (Å²) >= 11 is 12.0. The number of carbonyl (C=O) groups excluding carboxylic acids is 1. The van der Waals surface area contributed by atoms with Crippen molar-refractivity contribution >= 4 is 34.8 Å². The van der Waals surface area contributed by atoms with Gasteiger partial charge in [0.05, 0.1) is 21.8 Å². The van der Waals surface area contributed by atoms with Gasteiger partial charge < -0.3 is 10.1 Å². The van der Waals surface area contributed by atoms with Crippen LogP contribution in [0.2, 0.25) is 10.0 Å². The number of pyridine rings is 2. The Balaban J connectivity index is 1.72. The average Bonchev–Trinajstić information content (AvgIpc) is 2.63. The SMILES string of the molecule is Cc1cc(Cl)c(C(=O)Nc2ccc(Oc3ncc(C(F)(F)F)cc3Cl)cc2)c(C)n1. The fraction of sp³-hybridized carbons (Fsp3) is 0.150. The van der Waals surface area contributed by atoms with Crippen molar-refractivity contribution in [2.24, 2.45) is 0 Å². The maximum absolute atomic E-state index is 12.7. The molecule has 2 heterocycles. The molecule has 1 amide bonds. The first kappa shape index (κ1) is 21.9. The minimum Gasteiger partial charge on any atom is -0.438 e. The molecule has 0 atom stereocenters. The number of nitrogens with one attached hydrogen (secondary N) is 1. The zero-order valence-electron chi connectivity index (χ0n) is 15.6. The summed E-state index contributed by atoms with van der Waals surface area (Å²) in [7, 11) is 0. The van der Waals surface area contributed by atoms with Crippen LogP contribution in [0, 0.1) is 13.8 Å². The van der Waals surface area contributed by atoms with E-state index in [-0.39, 0.29) is 22.2 Å². The number of alkyl halides is 3. The van der Waals surface area contributed by atoms with Gasteiger partial charge in [0.15, 0.2) is 0 Å². The van der Waals surface area contributed by atoms with E-state index in [0.29, 0.717) is 28.3 Å². The quantitative estimate of drug-likeness (QED) is 0.489. The van der Waals surface area contributed by atoms with E-state index < -0.39 is 17.6 Å². The molecule has 0 saturated heterocycles. The molecule has 0 unspecified atom stereocenters. The van der Waals surface area contributed by atoms with Gasteiger partial charge in [-0.2, -0.15) is 13.2 Å². The third kappa shape index (κ3) is 5.01. The number of amides is 1. The van der Waals surface area contributed by atoms with Gasteiger partial charge in [0.2, 0.25) is 5.88 Å². The number of benzene rings is 1. The second-order valence-electron chi connectivity index (χ2n) is 6.30. The van der Waals surface area contributed by atoms with Gasteiger partial charge in [-0.3, -0.25) is 9.78 Å². The first-order valence-corrected chi connectivity index (χ1v) is 9.26. The van der Waals surface area contributed by atoms with Crippen molar-refractivity contribution in [3.05, 3.63) is 75.2 Å². The molecule has 0 aliphatic rings. The largest absolute Gasteiger partial charge is 0.438 e. The molecule has 1 aromatic carbocycles.